The molecular formula is C17H24N2O2. The standard InChI is InChI=1S/C17H24N2O2/c1-10(2)19-9-14(16(20)21)15(18-19)17-6-11-3-12(7-17)5-13(4-11)8-17/h9-13H,3-8H2,1-2H3,(H,20,21). The van der Waals surface area contributed by atoms with E-state index in [4.69, 9.17) is 5.10 Å². The van der Waals surface area contributed by atoms with E-state index in [1.807, 2.05) is 4.68 Å². The van der Waals surface area contributed by atoms with E-state index in [9.17, 15) is 9.90 Å². The van der Waals surface area contributed by atoms with Gasteiger partial charge in [-0.1, -0.05) is 0 Å². The predicted molar refractivity (Wildman–Crippen MR) is 79.4 cm³/mol. The van der Waals surface area contributed by atoms with Crippen molar-refractivity contribution in [2.24, 2.45) is 17.8 Å². The van der Waals surface area contributed by atoms with Gasteiger partial charge in [-0.15, -0.1) is 0 Å². The van der Waals surface area contributed by atoms with Crippen LogP contribution in [0.4, 0.5) is 0 Å². The maximum Gasteiger partial charge on any atom is 0.339 e. The van der Waals surface area contributed by atoms with Crippen LogP contribution in [0.1, 0.15) is 74.5 Å². The van der Waals surface area contributed by atoms with Gasteiger partial charge >= 0.3 is 5.97 Å². The van der Waals surface area contributed by atoms with Gasteiger partial charge in [-0.2, -0.15) is 5.10 Å². The Hall–Kier alpha value is -1.32. The third-order valence-corrected chi connectivity index (χ3v) is 6.03. The average Bonchev–Trinajstić information content (AvgIpc) is 2.82. The first-order chi connectivity index (χ1) is 9.97. The summed E-state index contributed by atoms with van der Waals surface area (Å²) in [5.74, 6) is 1.61. The van der Waals surface area contributed by atoms with Gasteiger partial charge in [0.2, 0.25) is 0 Å². The van der Waals surface area contributed by atoms with E-state index in [0.29, 0.717) is 5.56 Å². The fraction of sp³-hybridized carbons (Fsp3) is 0.765. The molecule has 1 N–H and O–H groups in total. The fourth-order valence-corrected chi connectivity index (χ4v) is 5.61. The lowest BCUT2D eigenvalue weighted by Gasteiger charge is -2.56. The van der Waals surface area contributed by atoms with Crippen LogP contribution in [0.5, 0.6) is 0 Å². The molecule has 1 heterocycles. The quantitative estimate of drug-likeness (QED) is 0.924. The lowest BCUT2D eigenvalue weighted by molar-refractivity contribution is -0.00812. The molecule has 4 bridgehead atoms. The molecule has 0 radical (unpaired) electrons. The number of hydrogen-bond donors (Lipinski definition) is 1. The topological polar surface area (TPSA) is 55.1 Å². The number of rotatable bonds is 3. The summed E-state index contributed by atoms with van der Waals surface area (Å²) in [6, 6.07) is 0.214. The van der Waals surface area contributed by atoms with Crippen LogP contribution in [-0.4, -0.2) is 20.9 Å². The minimum Gasteiger partial charge on any atom is -0.478 e. The Bertz CT molecular complexity index is 552. The van der Waals surface area contributed by atoms with Crippen molar-refractivity contribution in [3.63, 3.8) is 0 Å². The van der Waals surface area contributed by atoms with Crippen LogP contribution in [-0.2, 0) is 5.41 Å². The lowest BCUT2D eigenvalue weighted by atomic mass is 9.48. The normalized spacial score (nSPS) is 37.4. The van der Waals surface area contributed by atoms with Crippen LogP contribution < -0.4 is 0 Å². The van der Waals surface area contributed by atoms with Crippen molar-refractivity contribution in [3.8, 4) is 0 Å². The van der Waals surface area contributed by atoms with Gasteiger partial charge in [0.05, 0.1) is 5.69 Å². The first-order valence-electron chi connectivity index (χ1n) is 8.30. The third kappa shape index (κ3) is 1.95. The van der Waals surface area contributed by atoms with E-state index >= 15 is 0 Å². The molecule has 114 valence electrons. The molecule has 0 aromatic carbocycles. The summed E-state index contributed by atoms with van der Waals surface area (Å²) in [4.78, 5) is 11.7. The van der Waals surface area contributed by atoms with E-state index < -0.39 is 5.97 Å². The molecule has 4 heteroatoms. The zero-order chi connectivity index (χ0) is 14.8. The van der Waals surface area contributed by atoms with Crippen LogP contribution in [0, 0.1) is 17.8 Å². The van der Waals surface area contributed by atoms with Crippen molar-refractivity contribution in [2.75, 3.05) is 0 Å². The Morgan fingerprint density at radius 2 is 1.76 bits per heavy atom. The van der Waals surface area contributed by atoms with Gasteiger partial charge in [-0.3, -0.25) is 4.68 Å². The summed E-state index contributed by atoms with van der Waals surface area (Å²) in [7, 11) is 0. The van der Waals surface area contributed by atoms with Gasteiger partial charge in [-0.05, 0) is 70.1 Å². The molecule has 21 heavy (non-hydrogen) atoms. The Balaban J connectivity index is 1.80. The van der Waals surface area contributed by atoms with Crippen LogP contribution in [0.3, 0.4) is 0 Å². The highest BCUT2D eigenvalue weighted by Crippen LogP contribution is 2.60. The Labute approximate surface area is 125 Å². The minimum absolute atomic E-state index is 0.0581. The van der Waals surface area contributed by atoms with Crippen molar-refractivity contribution >= 4 is 5.97 Å². The van der Waals surface area contributed by atoms with E-state index in [2.05, 4.69) is 13.8 Å². The second-order valence-corrected chi connectivity index (χ2v) is 7.97. The molecule has 4 aliphatic rings. The van der Waals surface area contributed by atoms with Gasteiger partial charge in [0.25, 0.3) is 0 Å². The van der Waals surface area contributed by atoms with E-state index in [0.717, 1.165) is 42.7 Å². The van der Waals surface area contributed by atoms with Gasteiger partial charge in [0, 0.05) is 17.7 Å². The minimum atomic E-state index is -0.812. The smallest absolute Gasteiger partial charge is 0.339 e. The van der Waals surface area contributed by atoms with Crippen molar-refractivity contribution in [1.29, 1.82) is 0 Å². The molecule has 1 aromatic heterocycles. The molecule has 4 aliphatic carbocycles. The SMILES string of the molecule is CC(C)n1cc(C(=O)O)c(C23CC4CC(CC(C4)C2)C3)n1. The number of carboxylic acid groups (broad SMARTS) is 1. The highest BCUT2D eigenvalue weighted by atomic mass is 16.4. The summed E-state index contributed by atoms with van der Waals surface area (Å²) < 4.78 is 1.84. The summed E-state index contributed by atoms with van der Waals surface area (Å²) in [5.41, 5.74) is 1.40. The van der Waals surface area contributed by atoms with Crippen LogP contribution in [0.15, 0.2) is 6.20 Å². The first-order valence-corrected chi connectivity index (χ1v) is 8.30. The second kappa shape index (κ2) is 4.34. The number of carboxylic acids is 1. The van der Waals surface area contributed by atoms with Gasteiger partial charge in [0.1, 0.15) is 5.56 Å². The van der Waals surface area contributed by atoms with E-state index in [-0.39, 0.29) is 11.5 Å². The van der Waals surface area contributed by atoms with Crippen molar-refractivity contribution in [3.05, 3.63) is 17.5 Å². The van der Waals surface area contributed by atoms with Crippen LogP contribution >= 0.6 is 0 Å². The summed E-state index contributed by atoms with van der Waals surface area (Å²) >= 11 is 0. The Morgan fingerprint density at radius 1 is 1.24 bits per heavy atom. The fourth-order valence-electron chi connectivity index (χ4n) is 5.61. The van der Waals surface area contributed by atoms with Gasteiger partial charge in [0.15, 0.2) is 0 Å². The zero-order valence-corrected chi connectivity index (χ0v) is 12.9. The van der Waals surface area contributed by atoms with Gasteiger partial charge < -0.3 is 5.11 Å². The van der Waals surface area contributed by atoms with Crippen molar-refractivity contribution in [2.45, 2.75) is 63.8 Å². The van der Waals surface area contributed by atoms with Crippen LogP contribution in [0.25, 0.3) is 0 Å². The molecule has 1 aromatic rings. The molecule has 5 rings (SSSR count). The number of nitrogens with zero attached hydrogens (tertiary/aromatic N) is 2. The Morgan fingerprint density at radius 3 is 2.19 bits per heavy atom. The molecule has 0 unspecified atom stereocenters. The maximum atomic E-state index is 11.7. The number of hydrogen-bond acceptors (Lipinski definition) is 2. The molecule has 0 aliphatic heterocycles. The molecular weight excluding hydrogens is 264 g/mol. The molecule has 0 spiro atoms. The molecule has 4 nitrogen and oxygen atoms in total. The number of carbonyl (C=O) groups is 1. The highest BCUT2D eigenvalue weighted by molar-refractivity contribution is 5.89. The summed E-state index contributed by atoms with van der Waals surface area (Å²) in [6.45, 7) is 4.12. The largest absolute Gasteiger partial charge is 0.478 e. The van der Waals surface area contributed by atoms with E-state index in [1.54, 1.807) is 6.20 Å². The van der Waals surface area contributed by atoms with E-state index in [1.165, 1.54) is 19.3 Å². The lowest BCUT2D eigenvalue weighted by Crippen LogP contribution is -2.49. The number of aromatic carboxylic acids is 1. The first kappa shape index (κ1) is 13.4. The Kier molecular flexibility index (Phi) is 2.76. The van der Waals surface area contributed by atoms with Crippen molar-refractivity contribution < 1.29 is 9.90 Å². The van der Waals surface area contributed by atoms with Gasteiger partial charge in [-0.25, -0.2) is 4.79 Å². The molecule has 0 amide bonds. The second-order valence-electron chi connectivity index (χ2n) is 7.97. The molecule has 4 saturated carbocycles. The summed E-state index contributed by atoms with van der Waals surface area (Å²) in [5, 5.41) is 14.4. The highest BCUT2D eigenvalue weighted by Gasteiger charge is 2.53. The maximum absolute atomic E-state index is 11.7. The third-order valence-electron chi connectivity index (χ3n) is 6.03. The average molecular weight is 288 g/mol. The van der Waals surface area contributed by atoms with Crippen LogP contribution in [0.2, 0.25) is 0 Å². The summed E-state index contributed by atoms with van der Waals surface area (Å²) in [6.07, 6.45) is 9.34. The molecule has 0 saturated heterocycles. The monoisotopic (exact) mass is 288 g/mol. The number of aromatic nitrogens is 2. The zero-order valence-electron chi connectivity index (χ0n) is 12.9. The van der Waals surface area contributed by atoms with Crippen molar-refractivity contribution in [1.82, 2.24) is 9.78 Å². The predicted octanol–water partition coefficient (Wildman–Crippen LogP) is 3.63. The molecule has 4 fully saturated rings. The molecule has 0 atom stereocenters.